The van der Waals surface area contributed by atoms with Crippen LogP contribution in [-0.4, -0.2) is 14.8 Å². The molecule has 0 saturated carbocycles. The molecule has 0 aliphatic carbocycles. The highest BCUT2D eigenvalue weighted by Gasteiger charge is 2.02. The number of hydrogen-bond donors (Lipinski definition) is 1. The first kappa shape index (κ1) is 7.09. The predicted octanol–water partition coefficient (Wildman–Crippen LogP) is 1.03. The van der Waals surface area contributed by atoms with Crippen molar-refractivity contribution in [2.24, 2.45) is 0 Å². The van der Waals surface area contributed by atoms with Crippen LogP contribution in [0.2, 0.25) is 0 Å². The van der Waals surface area contributed by atoms with Crippen molar-refractivity contribution in [1.82, 2.24) is 14.8 Å². The number of aryl methyl sites for hydroxylation is 1. The maximum absolute atomic E-state index is 5.66. The van der Waals surface area contributed by atoms with Crippen molar-refractivity contribution in [3.63, 3.8) is 0 Å². The highest BCUT2D eigenvalue weighted by atomic mass is 15.3. The van der Waals surface area contributed by atoms with Crippen molar-refractivity contribution in [1.29, 1.82) is 0 Å². The van der Waals surface area contributed by atoms with Crippen molar-refractivity contribution >= 4 is 16.7 Å². The van der Waals surface area contributed by atoms with E-state index in [1.807, 2.05) is 17.7 Å². The third-order valence-corrected chi connectivity index (χ3v) is 1.90. The molecule has 0 amide bonds. The normalized spacial score (nSPS) is 10.8. The monoisotopic (exact) mass is 162 g/mol. The summed E-state index contributed by atoms with van der Waals surface area (Å²) in [5.41, 5.74) is 6.71. The molecular weight excluding hydrogens is 152 g/mol. The van der Waals surface area contributed by atoms with E-state index >= 15 is 0 Å². The molecule has 62 valence electrons. The molecule has 0 aliphatic heterocycles. The van der Waals surface area contributed by atoms with Crippen LogP contribution < -0.4 is 5.73 Å². The molecule has 4 nitrogen and oxygen atoms in total. The Balaban J connectivity index is 2.80. The molecule has 0 bridgehead atoms. The van der Waals surface area contributed by atoms with Gasteiger partial charge in [0.2, 0.25) is 0 Å². The molecule has 0 aliphatic rings. The van der Waals surface area contributed by atoms with Gasteiger partial charge in [0.25, 0.3) is 0 Å². The third-order valence-electron chi connectivity index (χ3n) is 1.90. The summed E-state index contributed by atoms with van der Waals surface area (Å²) < 4.78 is 1.90. The van der Waals surface area contributed by atoms with Crippen LogP contribution in [0.3, 0.4) is 0 Å². The summed E-state index contributed by atoms with van der Waals surface area (Å²) in [6.07, 6.45) is 3.45. The number of anilines is 1. The fourth-order valence-electron chi connectivity index (χ4n) is 1.28. The molecule has 0 saturated heterocycles. The minimum absolute atomic E-state index is 0.548. The topological polar surface area (TPSA) is 56.7 Å². The Bertz CT molecular complexity index is 404. The second-order valence-corrected chi connectivity index (χ2v) is 2.59. The molecule has 0 radical (unpaired) electrons. The van der Waals surface area contributed by atoms with Crippen molar-refractivity contribution in [3.8, 4) is 0 Å². The number of nitrogen functional groups attached to an aromatic ring is 1. The third kappa shape index (κ3) is 0.845. The molecule has 0 fully saturated rings. The van der Waals surface area contributed by atoms with Gasteiger partial charge >= 0.3 is 0 Å². The summed E-state index contributed by atoms with van der Waals surface area (Å²) in [6.45, 7) is 2.90. The molecule has 4 heteroatoms. The highest BCUT2D eigenvalue weighted by Crippen LogP contribution is 2.17. The molecule has 0 spiro atoms. The van der Waals surface area contributed by atoms with Crippen molar-refractivity contribution in [3.05, 3.63) is 18.5 Å². The van der Waals surface area contributed by atoms with Crippen molar-refractivity contribution < 1.29 is 0 Å². The minimum atomic E-state index is 0.548. The first-order chi connectivity index (χ1) is 5.83. The van der Waals surface area contributed by atoms with Crippen LogP contribution in [0.1, 0.15) is 6.92 Å². The zero-order chi connectivity index (χ0) is 8.55. The van der Waals surface area contributed by atoms with E-state index in [1.54, 1.807) is 12.4 Å². The van der Waals surface area contributed by atoms with Gasteiger partial charge in [0.1, 0.15) is 5.82 Å². The number of rotatable bonds is 1. The minimum Gasteiger partial charge on any atom is -0.383 e. The molecule has 0 aromatic carbocycles. The quantitative estimate of drug-likeness (QED) is 0.681. The molecule has 0 unspecified atom stereocenters. The molecule has 12 heavy (non-hydrogen) atoms. The predicted molar refractivity (Wildman–Crippen MR) is 47.6 cm³/mol. The lowest BCUT2D eigenvalue weighted by molar-refractivity contribution is 0.684. The molecule has 2 heterocycles. The Morgan fingerprint density at radius 3 is 3.17 bits per heavy atom. The second kappa shape index (κ2) is 2.48. The molecule has 2 aromatic heterocycles. The van der Waals surface area contributed by atoms with Crippen LogP contribution in [0.5, 0.6) is 0 Å². The lowest BCUT2D eigenvalue weighted by atomic mass is 10.3. The van der Waals surface area contributed by atoms with E-state index in [1.165, 1.54) is 0 Å². The smallest absolute Gasteiger partial charge is 0.134 e. The van der Waals surface area contributed by atoms with Crippen molar-refractivity contribution in [2.45, 2.75) is 13.5 Å². The van der Waals surface area contributed by atoms with Gasteiger partial charge in [-0.3, -0.25) is 4.68 Å². The Morgan fingerprint density at radius 1 is 1.58 bits per heavy atom. The van der Waals surface area contributed by atoms with Crippen LogP contribution in [0.4, 0.5) is 5.82 Å². The van der Waals surface area contributed by atoms with Gasteiger partial charge in [-0.2, -0.15) is 5.10 Å². The van der Waals surface area contributed by atoms with Gasteiger partial charge in [0.05, 0.1) is 17.1 Å². The fraction of sp³-hybridized carbons (Fsp3) is 0.250. The summed E-state index contributed by atoms with van der Waals surface area (Å²) in [5, 5.41) is 5.10. The van der Waals surface area contributed by atoms with Gasteiger partial charge in [0.15, 0.2) is 0 Å². The summed E-state index contributed by atoms with van der Waals surface area (Å²) in [7, 11) is 0. The Morgan fingerprint density at radius 2 is 2.42 bits per heavy atom. The van der Waals surface area contributed by atoms with Crippen LogP contribution in [0.25, 0.3) is 10.9 Å². The lowest BCUT2D eigenvalue weighted by Crippen LogP contribution is -1.96. The van der Waals surface area contributed by atoms with Crippen molar-refractivity contribution in [2.75, 3.05) is 5.73 Å². The van der Waals surface area contributed by atoms with E-state index < -0.39 is 0 Å². The summed E-state index contributed by atoms with van der Waals surface area (Å²) >= 11 is 0. The zero-order valence-electron chi connectivity index (χ0n) is 6.86. The first-order valence-electron chi connectivity index (χ1n) is 3.89. The van der Waals surface area contributed by atoms with Gasteiger partial charge in [-0.15, -0.1) is 0 Å². The van der Waals surface area contributed by atoms with E-state index in [0.29, 0.717) is 5.82 Å². The SMILES string of the molecule is CCn1ncc2c(N)nccc21. The number of pyridine rings is 1. The van der Waals surface area contributed by atoms with E-state index in [-0.39, 0.29) is 0 Å². The number of fused-ring (bicyclic) bond motifs is 1. The number of hydrogen-bond acceptors (Lipinski definition) is 3. The van der Waals surface area contributed by atoms with E-state index in [4.69, 9.17) is 5.73 Å². The van der Waals surface area contributed by atoms with E-state index in [9.17, 15) is 0 Å². The summed E-state index contributed by atoms with van der Waals surface area (Å²) in [6, 6.07) is 1.92. The number of nitrogens with zero attached hydrogens (tertiary/aromatic N) is 3. The Labute approximate surface area is 70.0 Å². The zero-order valence-corrected chi connectivity index (χ0v) is 6.86. The van der Waals surface area contributed by atoms with Crippen LogP contribution in [0, 0.1) is 0 Å². The van der Waals surface area contributed by atoms with Gasteiger partial charge in [-0.05, 0) is 13.0 Å². The second-order valence-electron chi connectivity index (χ2n) is 2.59. The van der Waals surface area contributed by atoms with Crippen LogP contribution in [-0.2, 0) is 6.54 Å². The fourth-order valence-corrected chi connectivity index (χ4v) is 1.28. The maximum Gasteiger partial charge on any atom is 0.134 e. The van der Waals surface area contributed by atoms with E-state index in [2.05, 4.69) is 10.1 Å². The average molecular weight is 162 g/mol. The number of nitrogens with two attached hydrogens (primary N) is 1. The Kier molecular flexibility index (Phi) is 1.46. The van der Waals surface area contributed by atoms with Crippen LogP contribution >= 0.6 is 0 Å². The molecule has 2 N–H and O–H groups in total. The standard InChI is InChI=1S/C8H10N4/c1-2-12-7-3-4-10-8(9)6(7)5-11-12/h3-5H,2H2,1H3,(H2,9,10). The molecular formula is C8H10N4. The molecule has 0 atom stereocenters. The van der Waals surface area contributed by atoms with E-state index in [0.717, 1.165) is 17.4 Å². The summed E-state index contributed by atoms with van der Waals surface area (Å²) in [5.74, 6) is 0.548. The Hall–Kier alpha value is -1.58. The average Bonchev–Trinajstić information content (AvgIpc) is 2.49. The first-order valence-corrected chi connectivity index (χ1v) is 3.89. The van der Waals surface area contributed by atoms with Crippen LogP contribution in [0.15, 0.2) is 18.5 Å². The van der Waals surface area contributed by atoms with Gasteiger partial charge in [-0.25, -0.2) is 4.98 Å². The van der Waals surface area contributed by atoms with Gasteiger partial charge in [0, 0.05) is 12.7 Å². The molecule has 2 rings (SSSR count). The lowest BCUT2D eigenvalue weighted by Gasteiger charge is -1.97. The van der Waals surface area contributed by atoms with Gasteiger partial charge in [-0.1, -0.05) is 0 Å². The number of aromatic nitrogens is 3. The molecule has 2 aromatic rings. The highest BCUT2D eigenvalue weighted by molar-refractivity contribution is 5.87. The maximum atomic E-state index is 5.66. The van der Waals surface area contributed by atoms with Gasteiger partial charge < -0.3 is 5.73 Å². The largest absolute Gasteiger partial charge is 0.383 e. The summed E-state index contributed by atoms with van der Waals surface area (Å²) in [4.78, 5) is 3.98.